The van der Waals surface area contributed by atoms with E-state index >= 15 is 0 Å². The summed E-state index contributed by atoms with van der Waals surface area (Å²) in [5.74, 6) is 0.765. The number of unbranched alkanes of at least 4 members (excludes halogenated alkanes) is 1. The topological polar surface area (TPSA) is 26.0 Å². The Morgan fingerprint density at radius 2 is 1.62 bits per heavy atom. The number of alkyl halides is 1. The number of benzene rings is 1. The van der Waals surface area contributed by atoms with Gasteiger partial charge in [0.2, 0.25) is 0 Å². The minimum atomic E-state index is 0.627. The number of aryl methyl sites for hydroxylation is 1. The van der Waals surface area contributed by atoms with Crippen LogP contribution in [0.2, 0.25) is 0 Å². The van der Waals surface area contributed by atoms with Crippen molar-refractivity contribution in [2.45, 2.75) is 25.8 Å². The van der Waals surface area contributed by atoms with Crippen LogP contribution in [0.25, 0.3) is 0 Å². The van der Waals surface area contributed by atoms with E-state index < -0.39 is 0 Å². The number of hydrogen-bond donors (Lipinski definition) is 1. The molecule has 0 aromatic heterocycles. The minimum absolute atomic E-state index is 0.627. The van der Waals surface area contributed by atoms with Crippen molar-refractivity contribution in [3.05, 3.63) is 35.4 Å². The average Bonchev–Trinajstić information content (AvgIpc) is 2.19. The van der Waals surface area contributed by atoms with Gasteiger partial charge in [0, 0.05) is 12.4 Å². The standard InChI is InChI=1S/C11H16ClN/c12-8-2-1-3-10-4-6-11(9-13)7-5-10/h4-7H,1-3,8-9,13H2. The van der Waals surface area contributed by atoms with Gasteiger partial charge in [0.25, 0.3) is 0 Å². The molecule has 2 heteroatoms. The number of halogens is 1. The molecule has 0 aliphatic rings. The molecule has 0 spiro atoms. The average molecular weight is 198 g/mol. The van der Waals surface area contributed by atoms with Crippen molar-refractivity contribution in [2.75, 3.05) is 5.88 Å². The van der Waals surface area contributed by atoms with Gasteiger partial charge in [-0.15, -0.1) is 11.6 Å². The Balaban J connectivity index is 2.40. The molecule has 1 aromatic carbocycles. The maximum absolute atomic E-state index is 5.60. The molecule has 0 radical (unpaired) electrons. The van der Waals surface area contributed by atoms with Crippen LogP contribution in [0.5, 0.6) is 0 Å². The normalized spacial score (nSPS) is 10.3. The molecule has 72 valence electrons. The summed E-state index contributed by atoms with van der Waals surface area (Å²) >= 11 is 5.60. The van der Waals surface area contributed by atoms with Crippen molar-refractivity contribution < 1.29 is 0 Å². The van der Waals surface area contributed by atoms with Crippen LogP contribution in [0.4, 0.5) is 0 Å². The van der Waals surface area contributed by atoms with Gasteiger partial charge in [-0.3, -0.25) is 0 Å². The second-order valence-corrected chi connectivity index (χ2v) is 3.54. The summed E-state index contributed by atoms with van der Waals surface area (Å²) in [5.41, 5.74) is 8.08. The molecule has 1 nitrogen and oxygen atoms in total. The van der Waals surface area contributed by atoms with E-state index in [0.29, 0.717) is 6.54 Å². The summed E-state index contributed by atoms with van der Waals surface area (Å²) in [6.45, 7) is 0.627. The van der Waals surface area contributed by atoms with Crippen LogP contribution in [0.1, 0.15) is 24.0 Å². The van der Waals surface area contributed by atoms with E-state index in [2.05, 4.69) is 24.3 Å². The first-order valence-corrected chi connectivity index (χ1v) is 5.24. The van der Waals surface area contributed by atoms with E-state index in [1.54, 1.807) is 0 Å². The maximum Gasteiger partial charge on any atom is 0.0223 e. The molecule has 0 heterocycles. The van der Waals surface area contributed by atoms with Crippen LogP contribution in [0.3, 0.4) is 0 Å². The van der Waals surface area contributed by atoms with Crippen LogP contribution in [-0.4, -0.2) is 5.88 Å². The molecular weight excluding hydrogens is 182 g/mol. The van der Waals surface area contributed by atoms with Gasteiger partial charge in [0.05, 0.1) is 0 Å². The van der Waals surface area contributed by atoms with Gasteiger partial charge < -0.3 is 5.73 Å². The molecular formula is C11H16ClN. The predicted molar refractivity (Wildman–Crippen MR) is 58.0 cm³/mol. The Labute approximate surface area is 84.9 Å². The third kappa shape index (κ3) is 3.79. The van der Waals surface area contributed by atoms with Gasteiger partial charge in [-0.2, -0.15) is 0 Å². The lowest BCUT2D eigenvalue weighted by Crippen LogP contribution is -1.96. The van der Waals surface area contributed by atoms with Crippen LogP contribution < -0.4 is 5.73 Å². The molecule has 1 aromatic rings. The van der Waals surface area contributed by atoms with Crippen molar-refractivity contribution in [3.63, 3.8) is 0 Å². The third-order valence-electron chi connectivity index (χ3n) is 2.11. The summed E-state index contributed by atoms with van der Waals surface area (Å²) in [6.07, 6.45) is 3.39. The number of nitrogens with two attached hydrogens (primary N) is 1. The van der Waals surface area contributed by atoms with Crippen molar-refractivity contribution in [2.24, 2.45) is 5.73 Å². The van der Waals surface area contributed by atoms with Gasteiger partial charge in [-0.05, 0) is 30.4 Å². The molecule has 0 aliphatic carbocycles. The van der Waals surface area contributed by atoms with E-state index in [9.17, 15) is 0 Å². The molecule has 1 rings (SSSR count). The molecule has 2 N–H and O–H groups in total. The quantitative estimate of drug-likeness (QED) is 0.570. The van der Waals surface area contributed by atoms with E-state index in [-0.39, 0.29) is 0 Å². The smallest absolute Gasteiger partial charge is 0.0223 e. The second kappa shape index (κ2) is 6.01. The first-order chi connectivity index (χ1) is 6.36. The van der Waals surface area contributed by atoms with E-state index in [1.165, 1.54) is 17.5 Å². The highest BCUT2D eigenvalue weighted by atomic mass is 35.5. The molecule has 0 unspecified atom stereocenters. The summed E-state index contributed by atoms with van der Waals surface area (Å²) in [6, 6.07) is 8.49. The molecule has 0 saturated carbocycles. The van der Waals surface area contributed by atoms with Gasteiger partial charge in [0.15, 0.2) is 0 Å². The SMILES string of the molecule is NCc1ccc(CCCCCl)cc1. The van der Waals surface area contributed by atoms with Crippen LogP contribution in [-0.2, 0) is 13.0 Å². The van der Waals surface area contributed by atoms with E-state index in [1.807, 2.05) is 0 Å². The minimum Gasteiger partial charge on any atom is -0.326 e. The Bertz CT molecular complexity index is 230. The summed E-state index contributed by atoms with van der Waals surface area (Å²) < 4.78 is 0. The molecule has 0 aliphatic heterocycles. The van der Waals surface area contributed by atoms with Crippen molar-refractivity contribution in [1.29, 1.82) is 0 Å². The zero-order valence-corrected chi connectivity index (χ0v) is 8.56. The highest BCUT2D eigenvalue weighted by Crippen LogP contribution is 2.07. The summed E-state index contributed by atoms with van der Waals surface area (Å²) in [4.78, 5) is 0. The van der Waals surface area contributed by atoms with Crippen LogP contribution in [0, 0.1) is 0 Å². The van der Waals surface area contributed by atoms with Crippen molar-refractivity contribution in [1.82, 2.24) is 0 Å². The molecule has 13 heavy (non-hydrogen) atoms. The predicted octanol–water partition coefficient (Wildman–Crippen LogP) is 2.71. The fraction of sp³-hybridized carbons (Fsp3) is 0.455. The van der Waals surface area contributed by atoms with Gasteiger partial charge >= 0.3 is 0 Å². The molecule has 0 amide bonds. The lowest BCUT2D eigenvalue weighted by Gasteiger charge is -2.01. The fourth-order valence-electron chi connectivity index (χ4n) is 1.27. The first-order valence-electron chi connectivity index (χ1n) is 4.70. The molecule has 0 bridgehead atoms. The first kappa shape index (κ1) is 10.6. The Morgan fingerprint density at radius 3 is 2.15 bits per heavy atom. The number of rotatable bonds is 5. The zero-order chi connectivity index (χ0) is 9.52. The van der Waals surface area contributed by atoms with Gasteiger partial charge in [-0.25, -0.2) is 0 Å². The van der Waals surface area contributed by atoms with Crippen LogP contribution in [0.15, 0.2) is 24.3 Å². The van der Waals surface area contributed by atoms with E-state index in [4.69, 9.17) is 17.3 Å². The lowest BCUT2D eigenvalue weighted by atomic mass is 10.1. The Kier molecular flexibility index (Phi) is 4.87. The van der Waals surface area contributed by atoms with Crippen molar-refractivity contribution in [3.8, 4) is 0 Å². The third-order valence-corrected chi connectivity index (χ3v) is 2.38. The van der Waals surface area contributed by atoms with Crippen molar-refractivity contribution >= 4 is 11.6 Å². The monoisotopic (exact) mass is 197 g/mol. The largest absolute Gasteiger partial charge is 0.326 e. The Hall–Kier alpha value is -0.530. The highest BCUT2D eigenvalue weighted by molar-refractivity contribution is 6.17. The fourth-order valence-corrected chi connectivity index (χ4v) is 1.45. The number of hydrogen-bond acceptors (Lipinski definition) is 1. The van der Waals surface area contributed by atoms with Gasteiger partial charge in [-0.1, -0.05) is 24.3 Å². The summed E-state index contributed by atoms with van der Waals surface area (Å²) in [7, 11) is 0. The molecule has 0 atom stereocenters. The zero-order valence-electron chi connectivity index (χ0n) is 7.80. The maximum atomic E-state index is 5.60. The Morgan fingerprint density at radius 1 is 1.00 bits per heavy atom. The molecule has 0 fully saturated rings. The van der Waals surface area contributed by atoms with Gasteiger partial charge in [0.1, 0.15) is 0 Å². The second-order valence-electron chi connectivity index (χ2n) is 3.17. The van der Waals surface area contributed by atoms with E-state index in [0.717, 1.165) is 18.7 Å². The summed E-state index contributed by atoms with van der Waals surface area (Å²) in [5, 5.41) is 0. The highest BCUT2D eigenvalue weighted by Gasteiger charge is 1.93. The lowest BCUT2D eigenvalue weighted by molar-refractivity contribution is 0.799. The molecule has 0 saturated heterocycles. The van der Waals surface area contributed by atoms with Crippen LogP contribution >= 0.6 is 11.6 Å².